The first-order chi connectivity index (χ1) is 12.7. The van der Waals surface area contributed by atoms with Crippen LogP contribution in [0.5, 0.6) is 0 Å². The molecule has 4 aromatic rings. The fraction of sp³-hybridized carbons (Fsp3) is 0.150. The molecular weight excluding hydrogens is 344 g/mol. The molecule has 0 aliphatic heterocycles. The summed E-state index contributed by atoms with van der Waals surface area (Å²) in [6, 6.07) is 15.9. The molecule has 0 saturated heterocycles. The third-order valence-electron chi connectivity index (χ3n) is 4.21. The second kappa shape index (κ2) is 6.72. The number of anilines is 1. The Morgan fingerprint density at radius 2 is 2.00 bits per heavy atom. The number of aromatic nitrogens is 3. The minimum absolute atomic E-state index is 0.246. The minimum Gasteiger partial charge on any atom is -0.339 e. The maximum Gasteiger partial charge on any atom is 0.276 e. The molecule has 1 aromatic carbocycles. The second-order valence-electron chi connectivity index (χ2n) is 5.99. The van der Waals surface area contributed by atoms with Gasteiger partial charge in [-0.25, -0.2) is 9.97 Å². The molecular formula is C20H18N4OS. The van der Waals surface area contributed by atoms with Crippen LogP contribution in [0, 0.1) is 6.92 Å². The fourth-order valence-corrected chi connectivity index (χ4v) is 3.84. The number of para-hydroxylation sites is 1. The van der Waals surface area contributed by atoms with Crippen LogP contribution in [0.3, 0.4) is 0 Å². The molecule has 3 aromatic heterocycles. The molecule has 3 heterocycles. The summed E-state index contributed by atoms with van der Waals surface area (Å²) < 4.78 is 2.22. The van der Waals surface area contributed by atoms with Crippen molar-refractivity contribution in [2.45, 2.75) is 20.4 Å². The SMILES string of the molecule is CCn1c(-c2nc(C(=O)Nc3cccc(C)n3)cs2)cc2ccccc21. The number of rotatable bonds is 4. The molecule has 6 heteroatoms. The zero-order chi connectivity index (χ0) is 18.1. The van der Waals surface area contributed by atoms with Gasteiger partial charge < -0.3 is 9.88 Å². The molecule has 0 unspecified atom stereocenters. The maximum absolute atomic E-state index is 12.5. The number of carbonyl (C=O) groups is 1. The number of nitrogens with one attached hydrogen (secondary N) is 1. The van der Waals surface area contributed by atoms with Crippen LogP contribution in [0.1, 0.15) is 23.1 Å². The standard InChI is InChI=1S/C20H18N4OS/c1-3-24-16-9-5-4-8-14(16)11-17(24)20-22-15(12-26-20)19(25)23-18-10-6-7-13(2)21-18/h4-12H,3H2,1-2H3,(H,21,23,25). The quantitative estimate of drug-likeness (QED) is 0.570. The molecule has 0 aliphatic carbocycles. The molecule has 1 amide bonds. The van der Waals surface area contributed by atoms with Crippen LogP contribution < -0.4 is 5.32 Å². The maximum atomic E-state index is 12.5. The highest BCUT2D eigenvalue weighted by molar-refractivity contribution is 7.13. The van der Waals surface area contributed by atoms with Gasteiger partial charge in [-0.2, -0.15) is 0 Å². The fourth-order valence-electron chi connectivity index (χ4n) is 3.02. The van der Waals surface area contributed by atoms with Crippen molar-refractivity contribution in [1.29, 1.82) is 0 Å². The molecule has 5 nitrogen and oxygen atoms in total. The van der Waals surface area contributed by atoms with E-state index in [1.54, 1.807) is 11.4 Å². The van der Waals surface area contributed by atoms with Gasteiger partial charge in [0.2, 0.25) is 0 Å². The van der Waals surface area contributed by atoms with Crippen molar-refractivity contribution in [2.24, 2.45) is 0 Å². The highest BCUT2D eigenvalue weighted by atomic mass is 32.1. The lowest BCUT2D eigenvalue weighted by Gasteiger charge is -2.05. The molecule has 0 fully saturated rings. The van der Waals surface area contributed by atoms with Crippen LogP contribution in [0.4, 0.5) is 5.82 Å². The highest BCUT2D eigenvalue weighted by Crippen LogP contribution is 2.30. The van der Waals surface area contributed by atoms with E-state index >= 15 is 0 Å². The van der Waals surface area contributed by atoms with Gasteiger partial charge in [0, 0.05) is 28.5 Å². The van der Waals surface area contributed by atoms with Crippen LogP contribution >= 0.6 is 11.3 Å². The van der Waals surface area contributed by atoms with E-state index in [-0.39, 0.29) is 5.91 Å². The molecule has 0 spiro atoms. The molecule has 0 bridgehead atoms. The average molecular weight is 362 g/mol. The molecule has 0 saturated carbocycles. The number of nitrogens with zero attached hydrogens (tertiary/aromatic N) is 3. The summed E-state index contributed by atoms with van der Waals surface area (Å²) in [4.78, 5) is 21.3. The zero-order valence-electron chi connectivity index (χ0n) is 14.6. The largest absolute Gasteiger partial charge is 0.339 e. The summed E-state index contributed by atoms with van der Waals surface area (Å²) in [7, 11) is 0. The van der Waals surface area contributed by atoms with E-state index in [0.29, 0.717) is 11.5 Å². The third-order valence-corrected chi connectivity index (χ3v) is 5.08. The molecule has 4 rings (SSSR count). The summed E-state index contributed by atoms with van der Waals surface area (Å²) >= 11 is 1.48. The number of hydrogen-bond acceptors (Lipinski definition) is 4. The first-order valence-electron chi connectivity index (χ1n) is 8.45. The highest BCUT2D eigenvalue weighted by Gasteiger charge is 2.16. The summed E-state index contributed by atoms with van der Waals surface area (Å²) in [5, 5.41) is 6.61. The summed E-state index contributed by atoms with van der Waals surface area (Å²) in [5.74, 6) is 0.289. The Bertz CT molecular complexity index is 1100. The number of hydrogen-bond donors (Lipinski definition) is 1. The predicted octanol–water partition coefficient (Wildman–Crippen LogP) is 4.74. The number of carbonyl (C=O) groups excluding carboxylic acids is 1. The van der Waals surface area contributed by atoms with Gasteiger partial charge in [0.1, 0.15) is 16.5 Å². The van der Waals surface area contributed by atoms with E-state index in [1.165, 1.54) is 22.2 Å². The van der Waals surface area contributed by atoms with Gasteiger partial charge >= 0.3 is 0 Å². The summed E-state index contributed by atoms with van der Waals surface area (Å²) in [6.07, 6.45) is 0. The number of benzene rings is 1. The lowest BCUT2D eigenvalue weighted by Crippen LogP contribution is -2.13. The Morgan fingerprint density at radius 3 is 2.81 bits per heavy atom. The Morgan fingerprint density at radius 1 is 1.15 bits per heavy atom. The van der Waals surface area contributed by atoms with Crippen molar-refractivity contribution in [1.82, 2.24) is 14.5 Å². The molecule has 0 atom stereocenters. The molecule has 1 N–H and O–H groups in total. The monoisotopic (exact) mass is 362 g/mol. The van der Waals surface area contributed by atoms with Crippen molar-refractivity contribution < 1.29 is 4.79 Å². The minimum atomic E-state index is -0.246. The normalized spacial score (nSPS) is 11.0. The van der Waals surface area contributed by atoms with Crippen molar-refractivity contribution in [3.05, 3.63) is 65.3 Å². The van der Waals surface area contributed by atoms with Gasteiger partial charge in [-0.05, 0) is 38.1 Å². The Balaban J connectivity index is 1.65. The van der Waals surface area contributed by atoms with E-state index < -0.39 is 0 Å². The Labute approximate surface area is 155 Å². The third kappa shape index (κ3) is 2.99. The summed E-state index contributed by atoms with van der Waals surface area (Å²) in [6.45, 7) is 4.85. The molecule has 0 radical (unpaired) electrons. The number of fused-ring (bicyclic) bond motifs is 1. The van der Waals surface area contributed by atoms with Crippen molar-refractivity contribution in [3.8, 4) is 10.7 Å². The van der Waals surface area contributed by atoms with E-state index in [9.17, 15) is 4.79 Å². The van der Waals surface area contributed by atoms with Gasteiger partial charge in [0.25, 0.3) is 5.91 Å². The van der Waals surface area contributed by atoms with E-state index in [1.807, 2.05) is 31.2 Å². The number of aryl methyl sites for hydroxylation is 2. The van der Waals surface area contributed by atoms with Gasteiger partial charge in [-0.3, -0.25) is 4.79 Å². The first-order valence-corrected chi connectivity index (χ1v) is 9.33. The molecule has 130 valence electrons. The topological polar surface area (TPSA) is 59.8 Å². The average Bonchev–Trinajstić information content (AvgIpc) is 3.26. The smallest absolute Gasteiger partial charge is 0.276 e. The molecule has 26 heavy (non-hydrogen) atoms. The van der Waals surface area contributed by atoms with Crippen LogP contribution in [-0.4, -0.2) is 20.4 Å². The van der Waals surface area contributed by atoms with E-state index in [2.05, 4.69) is 45.0 Å². The first kappa shape index (κ1) is 16.5. The van der Waals surface area contributed by atoms with Gasteiger partial charge in [-0.15, -0.1) is 11.3 Å². The van der Waals surface area contributed by atoms with Crippen LogP contribution in [0.25, 0.3) is 21.6 Å². The second-order valence-corrected chi connectivity index (χ2v) is 6.85. The number of thiazole rings is 1. The van der Waals surface area contributed by atoms with E-state index in [4.69, 9.17) is 0 Å². The van der Waals surface area contributed by atoms with Crippen LogP contribution in [0.2, 0.25) is 0 Å². The number of pyridine rings is 1. The van der Waals surface area contributed by atoms with Crippen molar-refractivity contribution in [3.63, 3.8) is 0 Å². The van der Waals surface area contributed by atoms with Crippen molar-refractivity contribution >= 4 is 34.0 Å². The summed E-state index contributed by atoms with van der Waals surface area (Å²) in [5.41, 5.74) is 3.47. The van der Waals surface area contributed by atoms with Crippen LogP contribution in [-0.2, 0) is 6.54 Å². The predicted molar refractivity (Wildman–Crippen MR) is 106 cm³/mol. The lowest BCUT2D eigenvalue weighted by molar-refractivity contribution is 0.102. The zero-order valence-corrected chi connectivity index (χ0v) is 15.4. The molecule has 0 aliphatic rings. The lowest BCUT2D eigenvalue weighted by atomic mass is 10.2. The van der Waals surface area contributed by atoms with Gasteiger partial charge in [0.15, 0.2) is 0 Å². The van der Waals surface area contributed by atoms with E-state index in [0.717, 1.165) is 22.9 Å². The van der Waals surface area contributed by atoms with Gasteiger partial charge in [0.05, 0.1) is 5.69 Å². The van der Waals surface area contributed by atoms with Crippen LogP contribution in [0.15, 0.2) is 53.9 Å². The van der Waals surface area contributed by atoms with Crippen molar-refractivity contribution in [2.75, 3.05) is 5.32 Å². The number of amides is 1. The Kier molecular flexibility index (Phi) is 4.26. The Hall–Kier alpha value is -2.99. The van der Waals surface area contributed by atoms with Gasteiger partial charge in [-0.1, -0.05) is 24.3 Å².